The standard InChI is InChI=1S/C14H22O3/c1-14(2,3)13(15)10-17-12-7-5-6-11(8-12)9-16-4/h5-8,13,15H,9-10H2,1-4H3. The van der Waals surface area contributed by atoms with Crippen LogP contribution in [-0.2, 0) is 11.3 Å². The first-order chi connectivity index (χ1) is 7.93. The largest absolute Gasteiger partial charge is 0.491 e. The number of aliphatic hydroxyl groups is 1. The van der Waals surface area contributed by atoms with Crippen molar-refractivity contribution in [2.75, 3.05) is 13.7 Å². The molecule has 1 unspecified atom stereocenters. The minimum Gasteiger partial charge on any atom is -0.491 e. The van der Waals surface area contributed by atoms with E-state index in [9.17, 15) is 5.11 Å². The molecule has 96 valence electrons. The minimum atomic E-state index is -0.478. The molecule has 0 saturated heterocycles. The molecule has 1 rings (SSSR count). The molecular weight excluding hydrogens is 216 g/mol. The second kappa shape index (κ2) is 6.03. The van der Waals surface area contributed by atoms with Crippen molar-refractivity contribution in [3.05, 3.63) is 29.8 Å². The highest BCUT2D eigenvalue weighted by molar-refractivity contribution is 5.28. The highest BCUT2D eigenvalue weighted by atomic mass is 16.5. The van der Waals surface area contributed by atoms with Crippen LogP contribution in [0.25, 0.3) is 0 Å². The smallest absolute Gasteiger partial charge is 0.119 e. The summed E-state index contributed by atoms with van der Waals surface area (Å²) in [5.74, 6) is 0.767. The number of aliphatic hydroxyl groups excluding tert-OH is 1. The summed E-state index contributed by atoms with van der Waals surface area (Å²) >= 11 is 0. The van der Waals surface area contributed by atoms with Crippen molar-refractivity contribution in [2.24, 2.45) is 5.41 Å². The number of hydrogen-bond acceptors (Lipinski definition) is 3. The Morgan fingerprint density at radius 1 is 1.29 bits per heavy atom. The van der Waals surface area contributed by atoms with E-state index in [-0.39, 0.29) is 5.41 Å². The van der Waals surface area contributed by atoms with E-state index in [1.165, 1.54) is 0 Å². The lowest BCUT2D eigenvalue weighted by molar-refractivity contribution is 0.0217. The molecule has 17 heavy (non-hydrogen) atoms. The highest BCUT2D eigenvalue weighted by Gasteiger charge is 2.22. The van der Waals surface area contributed by atoms with Gasteiger partial charge in [-0.3, -0.25) is 0 Å². The Morgan fingerprint density at radius 3 is 2.59 bits per heavy atom. The van der Waals surface area contributed by atoms with Gasteiger partial charge in [0.15, 0.2) is 0 Å². The normalized spacial score (nSPS) is 13.5. The Hall–Kier alpha value is -1.06. The summed E-state index contributed by atoms with van der Waals surface area (Å²) in [4.78, 5) is 0. The molecule has 1 N–H and O–H groups in total. The third kappa shape index (κ3) is 4.75. The minimum absolute atomic E-state index is 0.163. The predicted octanol–water partition coefficient (Wildman–Crippen LogP) is 2.62. The fraction of sp³-hybridized carbons (Fsp3) is 0.571. The molecule has 1 aromatic carbocycles. The van der Waals surface area contributed by atoms with Gasteiger partial charge in [-0.05, 0) is 23.1 Å². The molecule has 0 spiro atoms. The monoisotopic (exact) mass is 238 g/mol. The zero-order chi connectivity index (χ0) is 12.9. The van der Waals surface area contributed by atoms with Crippen molar-refractivity contribution >= 4 is 0 Å². The van der Waals surface area contributed by atoms with E-state index < -0.39 is 6.10 Å². The summed E-state index contributed by atoms with van der Waals surface area (Å²) in [6.45, 7) is 6.84. The number of benzene rings is 1. The molecular formula is C14H22O3. The second-order valence-electron chi connectivity index (χ2n) is 5.27. The summed E-state index contributed by atoms with van der Waals surface area (Å²) in [6.07, 6.45) is -0.478. The maximum Gasteiger partial charge on any atom is 0.119 e. The lowest BCUT2D eigenvalue weighted by atomic mass is 9.90. The van der Waals surface area contributed by atoms with Gasteiger partial charge in [-0.25, -0.2) is 0 Å². The van der Waals surface area contributed by atoms with Crippen molar-refractivity contribution in [1.82, 2.24) is 0 Å². The lowest BCUT2D eigenvalue weighted by Gasteiger charge is -2.25. The van der Waals surface area contributed by atoms with Crippen LogP contribution in [0, 0.1) is 5.41 Å². The van der Waals surface area contributed by atoms with Crippen LogP contribution in [-0.4, -0.2) is 24.9 Å². The van der Waals surface area contributed by atoms with Gasteiger partial charge in [0.05, 0.1) is 12.7 Å². The van der Waals surface area contributed by atoms with Gasteiger partial charge in [-0.1, -0.05) is 32.9 Å². The number of hydrogen-bond donors (Lipinski definition) is 1. The molecule has 0 aliphatic carbocycles. The Labute approximate surface area is 103 Å². The van der Waals surface area contributed by atoms with E-state index in [1.54, 1.807) is 7.11 Å². The van der Waals surface area contributed by atoms with Crippen molar-refractivity contribution in [3.8, 4) is 5.75 Å². The molecule has 0 aromatic heterocycles. The quantitative estimate of drug-likeness (QED) is 0.857. The van der Waals surface area contributed by atoms with E-state index in [1.807, 2.05) is 45.0 Å². The van der Waals surface area contributed by atoms with Gasteiger partial charge in [0, 0.05) is 7.11 Å². The van der Waals surface area contributed by atoms with Crippen LogP contribution in [0.15, 0.2) is 24.3 Å². The van der Waals surface area contributed by atoms with Crippen LogP contribution in [0.3, 0.4) is 0 Å². The van der Waals surface area contributed by atoms with Crippen LogP contribution in [0.5, 0.6) is 5.75 Å². The second-order valence-corrected chi connectivity index (χ2v) is 5.27. The zero-order valence-electron chi connectivity index (χ0n) is 11.1. The summed E-state index contributed by atoms with van der Waals surface area (Å²) in [5, 5.41) is 9.87. The summed E-state index contributed by atoms with van der Waals surface area (Å²) < 4.78 is 10.6. The third-order valence-electron chi connectivity index (χ3n) is 2.62. The zero-order valence-corrected chi connectivity index (χ0v) is 11.1. The number of methoxy groups -OCH3 is 1. The first-order valence-electron chi connectivity index (χ1n) is 5.82. The number of rotatable bonds is 5. The Morgan fingerprint density at radius 2 is 2.00 bits per heavy atom. The van der Waals surface area contributed by atoms with Gasteiger partial charge < -0.3 is 14.6 Å². The first-order valence-corrected chi connectivity index (χ1v) is 5.82. The van der Waals surface area contributed by atoms with E-state index in [4.69, 9.17) is 9.47 Å². The maximum absolute atomic E-state index is 9.87. The Kier molecular flexibility index (Phi) is 4.97. The molecule has 0 heterocycles. The van der Waals surface area contributed by atoms with E-state index in [0.717, 1.165) is 11.3 Å². The molecule has 0 saturated carbocycles. The topological polar surface area (TPSA) is 38.7 Å². The van der Waals surface area contributed by atoms with Crippen LogP contribution >= 0.6 is 0 Å². The summed E-state index contributed by atoms with van der Waals surface area (Å²) in [6, 6.07) is 7.72. The van der Waals surface area contributed by atoms with Gasteiger partial charge in [0.25, 0.3) is 0 Å². The summed E-state index contributed by atoms with van der Waals surface area (Å²) in [7, 11) is 1.66. The molecule has 3 heteroatoms. The first kappa shape index (κ1) is 14.0. The lowest BCUT2D eigenvalue weighted by Crippen LogP contribution is -2.31. The number of ether oxygens (including phenoxy) is 2. The van der Waals surface area contributed by atoms with Gasteiger partial charge in [-0.2, -0.15) is 0 Å². The fourth-order valence-corrected chi connectivity index (χ4v) is 1.32. The molecule has 0 aliphatic heterocycles. The van der Waals surface area contributed by atoms with E-state index in [0.29, 0.717) is 13.2 Å². The Balaban J connectivity index is 2.54. The van der Waals surface area contributed by atoms with Crippen LogP contribution in [0.1, 0.15) is 26.3 Å². The summed E-state index contributed by atoms with van der Waals surface area (Å²) in [5.41, 5.74) is 0.902. The van der Waals surface area contributed by atoms with E-state index in [2.05, 4.69) is 0 Å². The highest BCUT2D eigenvalue weighted by Crippen LogP contribution is 2.21. The molecule has 1 atom stereocenters. The molecule has 0 bridgehead atoms. The third-order valence-corrected chi connectivity index (χ3v) is 2.62. The molecule has 1 aromatic rings. The van der Waals surface area contributed by atoms with E-state index >= 15 is 0 Å². The predicted molar refractivity (Wildman–Crippen MR) is 68.1 cm³/mol. The molecule has 0 amide bonds. The van der Waals surface area contributed by atoms with Gasteiger partial charge in [0.1, 0.15) is 12.4 Å². The average molecular weight is 238 g/mol. The van der Waals surface area contributed by atoms with Gasteiger partial charge in [-0.15, -0.1) is 0 Å². The van der Waals surface area contributed by atoms with Crippen molar-refractivity contribution in [2.45, 2.75) is 33.5 Å². The SMILES string of the molecule is COCc1cccc(OCC(O)C(C)(C)C)c1. The van der Waals surface area contributed by atoms with Crippen LogP contribution in [0.2, 0.25) is 0 Å². The van der Waals surface area contributed by atoms with Crippen molar-refractivity contribution in [1.29, 1.82) is 0 Å². The van der Waals surface area contributed by atoms with Crippen molar-refractivity contribution < 1.29 is 14.6 Å². The molecule has 0 radical (unpaired) electrons. The van der Waals surface area contributed by atoms with Crippen LogP contribution < -0.4 is 4.74 Å². The van der Waals surface area contributed by atoms with Gasteiger partial charge >= 0.3 is 0 Å². The maximum atomic E-state index is 9.87. The molecule has 3 nitrogen and oxygen atoms in total. The van der Waals surface area contributed by atoms with Gasteiger partial charge in [0.2, 0.25) is 0 Å². The molecule has 0 aliphatic rings. The van der Waals surface area contributed by atoms with Crippen LogP contribution in [0.4, 0.5) is 0 Å². The molecule has 0 fully saturated rings. The fourth-order valence-electron chi connectivity index (χ4n) is 1.32. The Bertz CT molecular complexity index is 342. The average Bonchev–Trinajstić information content (AvgIpc) is 2.25. The van der Waals surface area contributed by atoms with Crippen molar-refractivity contribution in [3.63, 3.8) is 0 Å².